The van der Waals surface area contributed by atoms with Gasteiger partial charge in [-0.25, -0.2) is 4.79 Å². The Morgan fingerprint density at radius 3 is 3.09 bits per heavy atom. The van der Waals surface area contributed by atoms with Crippen molar-refractivity contribution in [2.24, 2.45) is 5.92 Å². The van der Waals surface area contributed by atoms with E-state index in [0.717, 1.165) is 35.9 Å². The molecule has 22 heavy (non-hydrogen) atoms. The summed E-state index contributed by atoms with van der Waals surface area (Å²) in [5, 5.41) is 13.3. The van der Waals surface area contributed by atoms with Gasteiger partial charge in [-0.2, -0.15) is 0 Å². The SMILES string of the molecule is O=C(NCc1cccc2cccnc12)N1CCCC(CO)C1. The molecular formula is C17H21N3O2. The van der Waals surface area contributed by atoms with Crippen LogP contribution in [-0.2, 0) is 6.54 Å². The summed E-state index contributed by atoms with van der Waals surface area (Å²) in [7, 11) is 0. The molecule has 0 aliphatic carbocycles. The predicted octanol–water partition coefficient (Wildman–Crippen LogP) is 2.15. The van der Waals surface area contributed by atoms with Gasteiger partial charge in [0.1, 0.15) is 0 Å². The lowest BCUT2D eigenvalue weighted by Crippen LogP contribution is -2.45. The quantitative estimate of drug-likeness (QED) is 0.912. The van der Waals surface area contributed by atoms with Crippen molar-refractivity contribution in [3.63, 3.8) is 0 Å². The molecular weight excluding hydrogens is 278 g/mol. The van der Waals surface area contributed by atoms with E-state index in [0.29, 0.717) is 13.1 Å². The average Bonchev–Trinajstić information content (AvgIpc) is 2.59. The molecule has 0 saturated carbocycles. The van der Waals surface area contributed by atoms with E-state index in [4.69, 9.17) is 0 Å². The number of aromatic nitrogens is 1. The van der Waals surface area contributed by atoms with E-state index in [1.807, 2.05) is 30.3 Å². The minimum absolute atomic E-state index is 0.0638. The van der Waals surface area contributed by atoms with Crippen LogP contribution >= 0.6 is 0 Å². The second kappa shape index (κ2) is 6.75. The summed E-state index contributed by atoms with van der Waals surface area (Å²) in [5.41, 5.74) is 1.94. The zero-order valence-corrected chi connectivity index (χ0v) is 12.5. The number of nitrogens with zero attached hydrogens (tertiary/aromatic N) is 2. The molecule has 5 heteroatoms. The summed E-state index contributed by atoms with van der Waals surface area (Å²) in [6.07, 6.45) is 3.71. The normalized spacial score (nSPS) is 18.4. The molecule has 1 aliphatic rings. The van der Waals surface area contributed by atoms with Gasteiger partial charge in [0.2, 0.25) is 0 Å². The topological polar surface area (TPSA) is 65.5 Å². The lowest BCUT2D eigenvalue weighted by atomic mass is 9.99. The monoisotopic (exact) mass is 299 g/mol. The van der Waals surface area contributed by atoms with Gasteiger partial charge >= 0.3 is 6.03 Å². The number of pyridine rings is 1. The highest BCUT2D eigenvalue weighted by Crippen LogP contribution is 2.17. The second-order valence-corrected chi connectivity index (χ2v) is 5.79. The Hall–Kier alpha value is -2.14. The minimum Gasteiger partial charge on any atom is -0.396 e. The largest absolute Gasteiger partial charge is 0.396 e. The van der Waals surface area contributed by atoms with Crippen molar-refractivity contribution in [1.82, 2.24) is 15.2 Å². The van der Waals surface area contributed by atoms with Crippen LogP contribution in [0, 0.1) is 5.92 Å². The number of amides is 2. The zero-order valence-electron chi connectivity index (χ0n) is 12.5. The van der Waals surface area contributed by atoms with Gasteiger partial charge in [-0.15, -0.1) is 0 Å². The molecule has 5 nitrogen and oxygen atoms in total. The molecule has 1 aromatic heterocycles. The first-order valence-corrected chi connectivity index (χ1v) is 7.74. The lowest BCUT2D eigenvalue weighted by Gasteiger charge is -2.31. The third-order valence-corrected chi connectivity index (χ3v) is 4.21. The molecule has 0 spiro atoms. The van der Waals surface area contributed by atoms with Gasteiger partial charge in [-0.3, -0.25) is 4.98 Å². The van der Waals surface area contributed by atoms with Crippen molar-refractivity contribution in [2.45, 2.75) is 19.4 Å². The lowest BCUT2D eigenvalue weighted by molar-refractivity contribution is 0.129. The molecule has 1 unspecified atom stereocenters. The predicted molar refractivity (Wildman–Crippen MR) is 85.4 cm³/mol. The molecule has 1 saturated heterocycles. The summed E-state index contributed by atoms with van der Waals surface area (Å²) in [4.78, 5) is 18.5. The van der Waals surface area contributed by atoms with Crippen LogP contribution in [0.15, 0.2) is 36.5 Å². The van der Waals surface area contributed by atoms with E-state index in [9.17, 15) is 9.90 Å². The highest BCUT2D eigenvalue weighted by molar-refractivity contribution is 5.82. The first-order chi connectivity index (χ1) is 10.8. The zero-order chi connectivity index (χ0) is 15.4. The molecule has 2 amide bonds. The van der Waals surface area contributed by atoms with Crippen molar-refractivity contribution < 1.29 is 9.90 Å². The maximum atomic E-state index is 12.3. The molecule has 1 aromatic carbocycles. The number of hydrogen-bond acceptors (Lipinski definition) is 3. The molecule has 2 N–H and O–H groups in total. The van der Waals surface area contributed by atoms with Gasteiger partial charge in [0.05, 0.1) is 5.52 Å². The van der Waals surface area contributed by atoms with Gasteiger partial charge in [0.15, 0.2) is 0 Å². The fraction of sp³-hybridized carbons (Fsp3) is 0.412. The average molecular weight is 299 g/mol. The minimum atomic E-state index is -0.0638. The van der Waals surface area contributed by atoms with Crippen LogP contribution in [-0.4, -0.2) is 40.7 Å². The summed E-state index contributed by atoms with van der Waals surface area (Å²) >= 11 is 0. The van der Waals surface area contributed by atoms with Gasteiger partial charge in [0.25, 0.3) is 0 Å². The molecule has 1 fully saturated rings. The van der Waals surface area contributed by atoms with Crippen LogP contribution < -0.4 is 5.32 Å². The van der Waals surface area contributed by atoms with Crippen LogP contribution in [0.25, 0.3) is 10.9 Å². The highest BCUT2D eigenvalue weighted by Gasteiger charge is 2.22. The number of rotatable bonds is 3. The molecule has 116 valence electrons. The number of benzene rings is 1. The smallest absolute Gasteiger partial charge is 0.317 e. The van der Waals surface area contributed by atoms with Crippen molar-refractivity contribution in [3.8, 4) is 0 Å². The fourth-order valence-electron chi connectivity index (χ4n) is 2.99. The maximum Gasteiger partial charge on any atom is 0.317 e. The molecule has 1 aliphatic heterocycles. The summed E-state index contributed by atoms with van der Waals surface area (Å²) < 4.78 is 0. The van der Waals surface area contributed by atoms with Crippen LogP contribution in [0.2, 0.25) is 0 Å². The van der Waals surface area contributed by atoms with E-state index in [1.165, 1.54) is 0 Å². The molecule has 2 aromatic rings. The van der Waals surface area contributed by atoms with E-state index in [-0.39, 0.29) is 18.6 Å². The molecule has 3 rings (SSSR count). The number of nitrogens with one attached hydrogen (secondary N) is 1. The van der Waals surface area contributed by atoms with Gasteiger partial charge in [0, 0.05) is 37.8 Å². The highest BCUT2D eigenvalue weighted by atomic mass is 16.3. The van der Waals surface area contributed by atoms with Crippen LogP contribution in [0.5, 0.6) is 0 Å². The molecule has 2 heterocycles. The standard InChI is InChI=1S/C17H21N3O2/c21-12-13-4-3-9-20(11-13)17(22)19-10-15-6-1-5-14-7-2-8-18-16(14)15/h1-2,5-8,13,21H,3-4,9-12H2,(H,19,22). The number of aliphatic hydroxyl groups is 1. The van der Waals surface area contributed by atoms with Crippen molar-refractivity contribution in [3.05, 3.63) is 42.1 Å². The van der Waals surface area contributed by atoms with Crippen molar-refractivity contribution in [1.29, 1.82) is 0 Å². The second-order valence-electron chi connectivity index (χ2n) is 5.79. The number of piperidine rings is 1. The first-order valence-electron chi connectivity index (χ1n) is 7.74. The van der Waals surface area contributed by atoms with E-state index in [1.54, 1.807) is 11.1 Å². The number of urea groups is 1. The van der Waals surface area contributed by atoms with Gasteiger partial charge in [-0.05, 0) is 30.4 Å². The number of hydrogen-bond donors (Lipinski definition) is 2. The Morgan fingerprint density at radius 2 is 2.23 bits per heavy atom. The summed E-state index contributed by atoms with van der Waals surface area (Å²) in [5.74, 6) is 0.207. The van der Waals surface area contributed by atoms with E-state index >= 15 is 0 Å². The molecule has 0 bridgehead atoms. The Balaban J connectivity index is 1.65. The number of likely N-dealkylation sites (tertiary alicyclic amines) is 1. The molecule has 1 atom stereocenters. The fourth-order valence-corrected chi connectivity index (χ4v) is 2.99. The Bertz CT molecular complexity index is 654. The van der Waals surface area contributed by atoms with E-state index in [2.05, 4.69) is 10.3 Å². The number of para-hydroxylation sites is 1. The summed E-state index contributed by atoms with van der Waals surface area (Å²) in [6, 6.07) is 9.85. The maximum absolute atomic E-state index is 12.3. The Morgan fingerprint density at radius 1 is 1.36 bits per heavy atom. The van der Waals surface area contributed by atoms with Crippen LogP contribution in [0.3, 0.4) is 0 Å². The number of carbonyl (C=O) groups excluding carboxylic acids is 1. The van der Waals surface area contributed by atoms with Gasteiger partial charge < -0.3 is 15.3 Å². The Labute approximate surface area is 130 Å². The first kappa shape index (κ1) is 14.8. The number of aliphatic hydroxyl groups excluding tert-OH is 1. The number of fused-ring (bicyclic) bond motifs is 1. The van der Waals surface area contributed by atoms with E-state index < -0.39 is 0 Å². The summed E-state index contributed by atoms with van der Waals surface area (Å²) in [6.45, 7) is 2.01. The molecule has 0 radical (unpaired) electrons. The third-order valence-electron chi connectivity index (χ3n) is 4.21. The number of carbonyl (C=O) groups is 1. The van der Waals surface area contributed by atoms with Gasteiger partial charge in [-0.1, -0.05) is 24.3 Å². The van der Waals surface area contributed by atoms with Crippen molar-refractivity contribution >= 4 is 16.9 Å². The van der Waals surface area contributed by atoms with Crippen molar-refractivity contribution in [2.75, 3.05) is 19.7 Å². The Kier molecular flexibility index (Phi) is 4.53. The van der Waals surface area contributed by atoms with Crippen LogP contribution in [0.4, 0.5) is 4.79 Å². The van der Waals surface area contributed by atoms with Crippen LogP contribution in [0.1, 0.15) is 18.4 Å². The third kappa shape index (κ3) is 3.20.